The highest BCUT2D eigenvalue weighted by Crippen LogP contribution is 2.45. The zero-order valence-electron chi connectivity index (χ0n) is 16.5. The molecule has 0 aliphatic carbocycles. The van der Waals surface area contributed by atoms with Crippen molar-refractivity contribution in [2.24, 2.45) is 0 Å². The van der Waals surface area contributed by atoms with Gasteiger partial charge in [0.15, 0.2) is 11.5 Å². The van der Waals surface area contributed by atoms with Gasteiger partial charge in [-0.3, -0.25) is 0 Å². The van der Waals surface area contributed by atoms with Crippen molar-refractivity contribution >= 4 is 17.1 Å². The van der Waals surface area contributed by atoms with E-state index in [1.807, 2.05) is 6.07 Å². The van der Waals surface area contributed by atoms with Crippen LogP contribution in [0.2, 0.25) is 0 Å². The molecule has 1 heterocycles. The number of cyclic esters (lactones) is 1. The number of carbonyl (C=O) groups excluding carboxylic acids is 1. The average Bonchev–Trinajstić information content (AvgIpc) is 3.12. The van der Waals surface area contributed by atoms with Crippen LogP contribution in [0.1, 0.15) is 11.1 Å². The van der Waals surface area contributed by atoms with Crippen LogP contribution in [0.3, 0.4) is 0 Å². The lowest BCUT2D eigenvalue weighted by molar-refractivity contribution is -0.133. The lowest BCUT2D eigenvalue weighted by Gasteiger charge is -2.16. The summed E-state index contributed by atoms with van der Waals surface area (Å²) in [5.74, 6) is 2.04. The van der Waals surface area contributed by atoms with E-state index < -0.39 is 5.97 Å². The van der Waals surface area contributed by atoms with E-state index in [-0.39, 0.29) is 6.61 Å². The van der Waals surface area contributed by atoms with Crippen LogP contribution < -0.4 is 23.7 Å². The highest BCUT2D eigenvalue weighted by molar-refractivity contribution is 6.28. The molecule has 7 nitrogen and oxygen atoms in total. The van der Waals surface area contributed by atoms with Crippen molar-refractivity contribution in [3.63, 3.8) is 0 Å². The molecule has 0 N–H and O–H groups in total. The predicted molar refractivity (Wildman–Crippen MR) is 103 cm³/mol. The van der Waals surface area contributed by atoms with Crippen molar-refractivity contribution < 1.29 is 33.2 Å². The van der Waals surface area contributed by atoms with Crippen LogP contribution in [0.25, 0.3) is 11.1 Å². The van der Waals surface area contributed by atoms with Gasteiger partial charge in [-0.25, -0.2) is 4.79 Å². The number of hydrogen-bond acceptors (Lipinski definition) is 7. The lowest BCUT2D eigenvalue weighted by Crippen LogP contribution is -2.02. The van der Waals surface area contributed by atoms with Crippen LogP contribution in [0.15, 0.2) is 30.3 Å². The maximum Gasteiger partial charge on any atom is 0.339 e. The summed E-state index contributed by atoms with van der Waals surface area (Å²) in [4.78, 5) is 12.6. The van der Waals surface area contributed by atoms with E-state index in [9.17, 15) is 4.79 Å². The lowest BCUT2D eigenvalue weighted by atomic mass is 9.94. The van der Waals surface area contributed by atoms with Gasteiger partial charge in [-0.2, -0.15) is 0 Å². The molecule has 0 atom stereocenters. The number of rotatable bonds is 7. The summed E-state index contributed by atoms with van der Waals surface area (Å²) in [5.41, 5.74) is 2.30. The van der Waals surface area contributed by atoms with Gasteiger partial charge in [0.2, 0.25) is 5.75 Å². The highest BCUT2D eigenvalue weighted by Gasteiger charge is 2.32. The Kier molecular flexibility index (Phi) is 5.63. The van der Waals surface area contributed by atoms with Gasteiger partial charge >= 0.3 is 5.97 Å². The van der Waals surface area contributed by atoms with Crippen molar-refractivity contribution in [1.82, 2.24) is 0 Å². The molecule has 0 saturated carbocycles. The third-order valence-corrected chi connectivity index (χ3v) is 4.54. The molecule has 0 bridgehead atoms. The number of hydrogen-bond donors (Lipinski definition) is 0. The van der Waals surface area contributed by atoms with Gasteiger partial charge in [0, 0.05) is 5.57 Å². The van der Waals surface area contributed by atoms with Gasteiger partial charge in [-0.1, -0.05) is 6.07 Å². The fourth-order valence-corrected chi connectivity index (χ4v) is 3.27. The van der Waals surface area contributed by atoms with E-state index >= 15 is 0 Å². The molecule has 0 unspecified atom stereocenters. The zero-order chi connectivity index (χ0) is 20.3. The van der Waals surface area contributed by atoms with Gasteiger partial charge < -0.3 is 28.4 Å². The average molecular weight is 386 g/mol. The molecule has 1 aliphatic rings. The van der Waals surface area contributed by atoms with Gasteiger partial charge in [0.05, 0.1) is 46.7 Å². The smallest absolute Gasteiger partial charge is 0.339 e. The minimum Gasteiger partial charge on any atom is -0.496 e. The summed E-state index contributed by atoms with van der Waals surface area (Å²) in [7, 11) is 7.69. The number of esters is 1. The summed E-state index contributed by atoms with van der Waals surface area (Å²) in [6, 6.07) is 8.86. The molecule has 0 aromatic heterocycles. The Morgan fingerprint density at radius 1 is 0.786 bits per heavy atom. The standard InChI is InChI=1S/C21H22O7/c1-23-14-7-6-8-15(24-2)19(14)13-11-28-21(22)18(13)12-9-16(25-3)20(27-5)17(10-12)26-4/h6-10H,11H2,1-5H3. The minimum atomic E-state index is -0.447. The Morgan fingerprint density at radius 2 is 1.32 bits per heavy atom. The molecule has 0 fully saturated rings. The molecule has 0 amide bonds. The topological polar surface area (TPSA) is 72.5 Å². The molecular formula is C21H22O7. The third kappa shape index (κ3) is 3.19. The van der Waals surface area contributed by atoms with Gasteiger partial charge in [-0.15, -0.1) is 0 Å². The van der Waals surface area contributed by atoms with Crippen molar-refractivity contribution in [3.05, 3.63) is 41.5 Å². The van der Waals surface area contributed by atoms with Gasteiger partial charge in [0.25, 0.3) is 0 Å². The Bertz CT molecular complexity index is 883. The van der Waals surface area contributed by atoms with Crippen molar-refractivity contribution in [1.29, 1.82) is 0 Å². The molecule has 148 valence electrons. The summed E-state index contributed by atoms with van der Waals surface area (Å²) in [5, 5.41) is 0. The Labute approximate surface area is 163 Å². The van der Waals surface area contributed by atoms with Crippen LogP contribution >= 0.6 is 0 Å². The van der Waals surface area contributed by atoms with Gasteiger partial charge in [0.1, 0.15) is 18.1 Å². The fraction of sp³-hybridized carbons (Fsp3) is 0.286. The van der Waals surface area contributed by atoms with E-state index in [1.165, 1.54) is 21.3 Å². The summed E-state index contributed by atoms with van der Waals surface area (Å²) in [6.45, 7) is 0.0988. The van der Waals surface area contributed by atoms with Crippen LogP contribution in [0.5, 0.6) is 28.7 Å². The number of methoxy groups -OCH3 is 5. The highest BCUT2D eigenvalue weighted by atomic mass is 16.5. The second kappa shape index (κ2) is 8.12. The second-order valence-corrected chi connectivity index (χ2v) is 5.88. The molecule has 0 saturated heterocycles. The van der Waals surface area contributed by atoms with Crippen molar-refractivity contribution in [2.75, 3.05) is 42.2 Å². The summed E-state index contributed by atoms with van der Waals surface area (Å²) < 4.78 is 32.5. The monoisotopic (exact) mass is 386 g/mol. The first-order chi connectivity index (χ1) is 13.6. The Hall–Kier alpha value is -3.35. The Balaban J connectivity index is 2.30. The van der Waals surface area contributed by atoms with E-state index in [0.29, 0.717) is 51.0 Å². The summed E-state index contributed by atoms with van der Waals surface area (Å²) >= 11 is 0. The van der Waals surface area contributed by atoms with Crippen LogP contribution in [0, 0.1) is 0 Å². The Morgan fingerprint density at radius 3 is 1.79 bits per heavy atom. The first kappa shape index (κ1) is 19.4. The second-order valence-electron chi connectivity index (χ2n) is 5.88. The number of ether oxygens (including phenoxy) is 6. The van der Waals surface area contributed by atoms with E-state index in [2.05, 4.69) is 0 Å². The van der Waals surface area contributed by atoms with E-state index in [4.69, 9.17) is 28.4 Å². The van der Waals surface area contributed by atoms with Crippen molar-refractivity contribution in [2.45, 2.75) is 0 Å². The number of benzene rings is 2. The maximum absolute atomic E-state index is 12.6. The molecular weight excluding hydrogens is 364 g/mol. The minimum absolute atomic E-state index is 0.0988. The molecule has 2 aromatic carbocycles. The van der Waals surface area contributed by atoms with Crippen molar-refractivity contribution in [3.8, 4) is 28.7 Å². The summed E-state index contributed by atoms with van der Waals surface area (Å²) in [6.07, 6.45) is 0. The largest absolute Gasteiger partial charge is 0.496 e. The number of carbonyl (C=O) groups is 1. The van der Waals surface area contributed by atoms with Gasteiger partial charge in [-0.05, 0) is 29.8 Å². The molecule has 0 radical (unpaired) electrons. The molecule has 7 heteroatoms. The van der Waals surface area contributed by atoms with E-state index in [1.54, 1.807) is 38.5 Å². The quantitative estimate of drug-likeness (QED) is 0.677. The SMILES string of the molecule is COc1cc(C2=C(c3c(OC)cccc3OC)COC2=O)cc(OC)c1OC. The fourth-order valence-electron chi connectivity index (χ4n) is 3.27. The molecule has 2 aromatic rings. The van der Waals surface area contributed by atoms with E-state index in [0.717, 1.165) is 0 Å². The normalized spacial score (nSPS) is 13.2. The molecule has 0 spiro atoms. The molecule has 28 heavy (non-hydrogen) atoms. The third-order valence-electron chi connectivity index (χ3n) is 4.54. The maximum atomic E-state index is 12.6. The van der Waals surface area contributed by atoms with Crippen LogP contribution in [-0.2, 0) is 9.53 Å². The van der Waals surface area contributed by atoms with Crippen LogP contribution in [0.4, 0.5) is 0 Å². The van der Waals surface area contributed by atoms with Crippen LogP contribution in [-0.4, -0.2) is 48.1 Å². The zero-order valence-corrected chi connectivity index (χ0v) is 16.5. The first-order valence-electron chi connectivity index (χ1n) is 8.51. The molecule has 1 aliphatic heterocycles. The first-order valence-corrected chi connectivity index (χ1v) is 8.51. The molecule has 3 rings (SSSR count). The predicted octanol–water partition coefficient (Wildman–Crippen LogP) is 3.20.